The molecule has 0 fully saturated rings. The fraction of sp³-hybridized carbons (Fsp3) is 0.222. The molecule has 8 nitrogen and oxygen atoms in total. The fourth-order valence-electron chi connectivity index (χ4n) is 3.10. The molecule has 0 unspecified atom stereocenters. The van der Waals surface area contributed by atoms with E-state index in [-0.39, 0.29) is 82.4 Å². The molecule has 3 rings (SSSR count). The number of hydrogen-bond acceptors (Lipinski definition) is 8. The van der Waals surface area contributed by atoms with Gasteiger partial charge in [0.25, 0.3) is 0 Å². The standard InChI is InChI=1S/C18H17NO7S2.2Na/c20-17(21)16(10-27-28(23,24)25)19-18(22)26-9-15-13-7-3-1-5-11(13)12-6-2-4-8-14(12)15;;/h1-8,15-16H,9-10H2,(H,19,22)(H,20,21)(H,23,24,25);;/q;2*+1/p-2/t16-;;/m1../s1. The number of alkyl carbamates (subject to hydrolysis) is 1. The number of carboxylic acid groups (broad SMARTS) is 1. The first-order valence-electron chi connectivity index (χ1n) is 8.19. The number of ether oxygens (including phenoxy) is 1. The minimum absolute atomic E-state index is 0. The van der Waals surface area contributed by atoms with Gasteiger partial charge in [0.2, 0.25) is 0 Å². The van der Waals surface area contributed by atoms with Gasteiger partial charge in [-0.1, -0.05) is 48.5 Å². The smallest absolute Gasteiger partial charge is 0.739 e. The molecule has 0 radical (unpaired) electrons. The predicted octanol–water partition coefficient (Wildman–Crippen LogP) is -5.15. The van der Waals surface area contributed by atoms with Gasteiger partial charge in [-0.15, -0.1) is 0 Å². The Morgan fingerprint density at radius 1 is 1.03 bits per heavy atom. The van der Waals surface area contributed by atoms with Crippen LogP contribution in [-0.4, -0.2) is 43.4 Å². The van der Waals surface area contributed by atoms with Crippen LogP contribution in [0.4, 0.5) is 4.79 Å². The molecule has 1 amide bonds. The van der Waals surface area contributed by atoms with Crippen LogP contribution in [-0.2, 0) is 18.7 Å². The quantitative estimate of drug-likeness (QED) is 0.243. The summed E-state index contributed by atoms with van der Waals surface area (Å²) >= 11 is 0. The van der Waals surface area contributed by atoms with E-state index in [4.69, 9.17) is 4.74 Å². The van der Waals surface area contributed by atoms with Gasteiger partial charge in [-0.25, -0.2) is 13.2 Å². The number of rotatable bonds is 7. The average Bonchev–Trinajstić information content (AvgIpc) is 2.96. The summed E-state index contributed by atoms with van der Waals surface area (Å²) in [6, 6.07) is 13.7. The summed E-state index contributed by atoms with van der Waals surface area (Å²) in [5.74, 6) is -2.61. The molecule has 0 spiro atoms. The number of amides is 1. The Morgan fingerprint density at radius 3 is 2.00 bits per heavy atom. The molecule has 0 saturated heterocycles. The number of carbonyl (C=O) groups is 2. The summed E-state index contributed by atoms with van der Waals surface area (Å²) in [5.41, 5.74) is 4.05. The maximum atomic E-state index is 12.0. The molecular weight excluding hydrogens is 452 g/mol. The molecule has 0 heterocycles. The van der Waals surface area contributed by atoms with Crippen LogP contribution in [0.15, 0.2) is 48.5 Å². The van der Waals surface area contributed by atoms with Crippen LogP contribution in [0.25, 0.3) is 11.1 Å². The van der Waals surface area contributed by atoms with E-state index in [9.17, 15) is 27.7 Å². The van der Waals surface area contributed by atoms with Gasteiger partial charge in [0.1, 0.15) is 15.8 Å². The molecule has 1 aliphatic carbocycles. The Kier molecular flexibility index (Phi) is 10.9. The minimum Gasteiger partial charge on any atom is -0.739 e. The average molecular weight is 467 g/mol. The van der Waals surface area contributed by atoms with Gasteiger partial charge >= 0.3 is 65.2 Å². The van der Waals surface area contributed by atoms with Crippen LogP contribution in [0, 0.1) is 0 Å². The summed E-state index contributed by atoms with van der Waals surface area (Å²) in [7, 11) is -4.83. The minimum atomic E-state index is -4.70. The Morgan fingerprint density at radius 2 is 1.53 bits per heavy atom. The number of carbonyl (C=O) groups excluding carboxylic acids is 2. The van der Waals surface area contributed by atoms with Gasteiger partial charge in [0.15, 0.2) is 0 Å². The van der Waals surface area contributed by atoms with Crippen molar-refractivity contribution in [1.29, 1.82) is 0 Å². The molecule has 0 aromatic heterocycles. The van der Waals surface area contributed by atoms with Gasteiger partial charge in [-0.2, -0.15) is 0 Å². The van der Waals surface area contributed by atoms with Crippen molar-refractivity contribution in [2.24, 2.45) is 0 Å². The number of fused-ring (bicyclic) bond motifs is 3. The van der Waals surface area contributed by atoms with Crippen LogP contribution in [0.5, 0.6) is 0 Å². The molecule has 0 bridgehead atoms. The third kappa shape index (κ3) is 6.98. The molecule has 1 N–H and O–H groups in total. The van der Waals surface area contributed by atoms with Crippen molar-refractivity contribution in [2.45, 2.75) is 12.0 Å². The van der Waals surface area contributed by atoms with Crippen molar-refractivity contribution in [3.8, 4) is 11.1 Å². The van der Waals surface area contributed by atoms with Crippen LogP contribution < -0.4 is 69.5 Å². The Bertz CT molecular complexity index is 972. The van der Waals surface area contributed by atoms with Gasteiger partial charge in [0.05, 0.1) is 12.0 Å². The fourth-order valence-corrected chi connectivity index (χ4v) is 4.53. The topological polar surface area (TPSA) is 136 Å². The van der Waals surface area contributed by atoms with E-state index in [1.54, 1.807) is 0 Å². The van der Waals surface area contributed by atoms with E-state index in [2.05, 4.69) is 0 Å². The molecule has 2 aromatic carbocycles. The van der Waals surface area contributed by atoms with E-state index in [1.807, 2.05) is 53.8 Å². The summed E-state index contributed by atoms with van der Waals surface area (Å²) in [5, 5.41) is 13.1. The third-order valence-corrected chi connectivity index (χ3v) is 6.33. The largest absolute Gasteiger partial charge is 1.00 e. The molecule has 12 heteroatoms. The van der Waals surface area contributed by atoms with E-state index in [0.29, 0.717) is 0 Å². The molecule has 1 aliphatic rings. The molecule has 0 saturated carbocycles. The van der Waals surface area contributed by atoms with Crippen molar-refractivity contribution in [1.82, 2.24) is 5.32 Å². The SMILES string of the molecule is O=C(N[C@H](CSS(=O)(=O)[O-])C(=O)[O-])OCC1c2ccccc2-c2ccccc21.[Na+].[Na+]. The second-order valence-corrected chi connectivity index (χ2v) is 9.35. The van der Waals surface area contributed by atoms with Gasteiger partial charge in [0, 0.05) is 11.7 Å². The summed E-state index contributed by atoms with van der Waals surface area (Å²) in [4.78, 5) is 23.0. The first-order chi connectivity index (χ1) is 13.3. The maximum Gasteiger partial charge on any atom is 1.00 e. The van der Waals surface area contributed by atoms with Crippen molar-refractivity contribution < 1.29 is 91.5 Å². The van der Waals surface area contributed by atoms with Crippen molar-refractivity contribution in [3.63, 3.8) is 0 Å². The Balaban J connectivity index is 0.00000225. The number of hydrogen-bond donors (Lipinski definition) is 1. The number of benzene rings is 2. The third-order valence-electron chi connectivity index (χ3n) is 4.30. The molecule has 2 aromatic rings. The number of carboxylic acids is 1. The maximum absolute atomic E-state index is 12.0. The zero-order chi connectivity index (χ0) is 20.3. The Hall–Kier alpha value is -0.560. The van der Waals surface area contributed by atoms with E-state index in [1.165, 1.54) is 0 Å². The van der Waals surface area contributed by atoms with Gasteiger partial charge in [-0.05, 0) is 33.0 Å². The van der Waals surface area contributed by atoms with E-state index < -0.39 is 33.0 Å². The van der Waals surface area contributed by atoms with Crippen LogP contribution in [0.1, 0.15) is 17.0 Å². The molecular formula is C18H15NNa2O7S2. The van der Waals surface area contributed by atoms with Crippen LogP contribution in [0.2, 0.25) is 0 Å². The van der Waals surface area contributed by atoms with Crippen LogP contribution >= 0.6 is 10.8 Å². The molecule has 148 valence electrons. The molecule has 30 heavy (non-hydrogen) atoms. The van der Waals surface area contributed by atoms with Crippen molar-refractivity contribution in [3.05, 3.63) is 59.7 Å². The summed E-state index contributed by atoms with van der Waals surface area (Å²) < 4.78 is 37.1. The van der Waals surface area contributed by atoms with Crippen molar-refractivity contribution in [2.75, 3.05) is 12.4 Å². The number of aliphatic carboxylic acids is 1. The monoisotopic (exact) mass is 467 g/mol. The summed E-state index contributed by atoms with van der Waals surface area (Å²) in [6.07, 6.45) is -1.04. The molecule has 0 aliphatic heterocycles. The second kappa shape index (κ2) is 11.9. The normalized spacial score (nSPS) is 13.1. The predicted molar refractivity (Wildman–Crippen MR) is 99.2 cm³/mol. The zero-order valence-electron chi connectivity index (χ0n) is 16.4. The van der Waals surface area contributed by atoms with Crippen LogP contribution in [0.3, 0.4) is 0 Å². The first kappa shape index (κ1) is 27.5. The number of nitrogens with one attached hydrogen (secondary N) is 1. The van der Waals surface area contributed by atoms with Crippen molar-refractivity contribution >= 4 is 32.0 Å². The zero-order valence-corrected chi connectivity index (χ0v) is 22.0. The molecule has 1 atom stereocenters. The summed E-state index contributed by atoms with van der Waals surface area (Å²) in [6.45, 7) is -0.0351. The van der Waals surface area contributed by atoms with Gasteiger partial charge in [-0.3, -0.25) is 0 Å². The second-order valence-electron chi connectivity index (χ2n) is 6.03. The first-order valence-corrected chi connectivity index (χ1v) is 11.1. The Labute approximate surface area is 221 Å². The van der Waals surface area contributed by atoms with Gasteiger partial charge < -0.3 is 24.5 Å². The van der Waals surface area contributed by atoms with E-state index >= 15 is 0 Å². The van der Waals surface area contributed by atoms with E-state index in [0.717, 1.165) is 22.3 Å².